The molecule has 1 aromatic rings. The zero-order chi connectivity index (χ0) is 19.3. The van der Waals surface area contributed by atoms with Crippen LogP contribution < -0.4 is 14.8 Å². The molecule has 2 saturated heterocycles. The van der Waals surface area contributed by atoms with Gasteiger partial charge in [0.05, 0.1) is 31.8 Å². The third-order valence-corrected chi connectivity index (χ3v) is 5.07. The summed E-state index contributed by atoms with van der Waals surface area (Å²) in [5, 5.41) is 2.84. The minimum absolute atomic E-state index is 0.0279. The predicted molar refractivity (Wildman–Crippen MR) is 100 cm³/mol. The smallest absolute Gasteiger partial charge is 0.253 e. The summed E-state index contributed by atoms with van der Waals surface area (Å²) < 4.78 is 17.2. The van der Waals surface area contributed by atoms with Crippen LogP contribution in [0.2, 0.25) is 0 Å². The van der Waals surface area contributed by atoms with Crippen molar-refractivity contribution in [2.45, 2.75) is 38.7 Å². The first-order valence-corrected chi connectivity index (χ1v) is 9.66. The van der Waals surface area contributed by atoms with Crippen LogP contribution in [0.3, 0.4) is 0 Å². The molecular weight excluding hydrogens is 348 g/mol. The maximum atomic E-state index is 12.9. The van der Waals surface area contributed by atoms with Crippen molar-refractivity contribution in [1.29, 1.82) is 0 Å². The number of benzene rings is 1. The van der Waals surface area contributed by atoms with Gasteiger partial charge in [-0.15, -0.1) is 0 Å². The molecule has 2 amide bonds. The number of amides is 2. The molecule has 2 aliphatic rings. The molecular formula is C20H28N2O5. The molecule has 1 spiro atoms. The van der Waals surface area contributed by atoms with Gasteiger partial charge < -0.3 is 24.4 Å². The Labute approximate surface area is 160 Å². The Morgan fingerprint density at radius 1 is 1.19 bits per heavy atom. The van der Waals surface area contributed by atoms with E-state index in [9.17, 15) is 9.59 Å². The van der Waals surface area contributed by atoms with Crippen molar-refractivity contribution in [3.05, 3.63) is 23.8 Å². The number of carbonyl (C=O) groups is 2. The van der Waals surface area contributed by atoms with Crippen molar-refractivity contribution >= 4 is 11.8 Å². The summed E-state index contributed by atoms with van der Waals surface area (Å²) >= 11 is 0. The maximum Gasteiger partial charge on any atom is 0.253 e. The van der Waals surface area contributed by atoms with Gasteiger partial charge in [-0.25, -0.2) is 0 Å². The molecule has 1 N–H and O–H groups in total. The monoisotopic (exact) mass is 376 g/mol. The van der Waals surface area contributed by atoms with E-state index in [0.29, 0.717) is 75.8 Å². The van der Waals surface area contributed by atoms with Gasteiger partial charge in [-0.2, -0.15) is 0 Å². The van der Waals surface area contributed by atoms with Crippen molar-refractivity contribution < 1.29 is 23.8 Å². The molecule has 7 nitrogen and oxygen atoms in total. The molecule has 0 bridgehead atoms. The number of piperidine rings is 1. The second kappa shape index (κ2) is 8.61. The predicted octanol–water partition coefficient (Wildman–Crippen LogP) is 2.00. The highest BCUT2D eigenvalue weighted by Gasteiger charge is 2.40. The van der Waals surface area contributed by atoms with Gasteiger partial charge in [-0.1, -0.05) is 0 Å². The normalized spacial score (nSPS) is 19.3. The maximum absolute atomic E-state index is 12.9. The average molecular weight is 376 g/mol. The molecule has 0 atom stereocenters. The van der Waals surface area contributed by atoms with Gasteiger partial charge in [0.25, 0.3) is 5.91 Å². The van der Waals surface area contributed by atoms with E-state index in [1.165, 1.54) is 0 Å². The molecule has 3 rings (SSSR count). The van der Waals surface area contributed by atoms with Crippen LogP contribution in [0.15, 0.2) is 18.2 Å². The van der Waals surface area contributed by atoms with Crippen LogP contribution in [-0.4, -0.2) is 61.8 Å². The molecule has 148 valence electrons. The number of hydrogen-bond donors (Lipinski definition) is 1. The van der Waals surface area contributed by atoms with E-state index < -0.39 is 5.60 Å². The van der Waals surface area contributed by atoms with Gasteiger partial charge in [0.15, 0.2) is 11.5 Å². The Kier molecular flexibility index (Phi) is 6.21. The Bertz CT molecular complexity index is 683. The number of ether oxygens (including phenoxy) is 3. The van der Waals surface area contributed by atoms with E-state index in [4.69, 9.17) is 14.2 Å². The molecule has 2 fully saturated rings. The first kappa shape index (κ1) is 19.5. The lowest BCUT2D eigenvalue weighted by Gasteiger charge is -2.40. The molecule has 0 aliphatic carbocycles. The van der Waals surface area contributed by atoms with Crippen LogP contribution in [0.25, 0.3) is 0 Å². The first-order chi connectivity index (χ1) is 13.1. The van der Waals surface area contributed by atoms with Crippen LogP contribution in [-0.2, 0) is 9.53 Å². The molecule has 2 heterocycles. The average Bonchev–Trinajstić information content (AvgIpc) is 2.85. The standard InChI is InChI=1S/C20H28N2O5/c1-3-25-16-6-5-15(13-17(16)26-4-2)19(24)22-10-7-20(8-11-22)14-18(23)21-9-12-27-20/h5-6,13H,3-4,7-12,14H2,1-2H3,(H,21,23). The quantitative estimate of drug-likeness (QED) is 0.851. The Balaban J connectivity index is 1.68. The molecule has 0 saturated carbocycles. The van der Waals surface area contributed by atoms with Gasteiger partial charge in [0.2, 0.25) is 5.91 Å². The van der Waals surface area contributed by atoms with Crippen molar-refractivity contribution in [2.24, 2.45) is 0 Å². The number of hydrogen-bond acceptors (Lipinski definition) is 5. The SMILES string of the molecule is CCOc1ccc(C(=O)N2CCC3(CC2)CC(=O)NCCO3)cc1OCC. The largest absolute Gasteiger partial charge is 0.490 e. The Hall–Kier alpha value is -2.28. The molecule has 2 aliphatic heterocycles. The highest BCUT2D eigenvalue weighted by Crippen LogP contribution is 2.33. The highest BCUT2D eigenvalue weighted by molar-refractivity contribution is 5.95. The van der Waals surface area contributed by atoms with Gasteiger partial charge >= 0.3 is 0 Å². The zero-order valence-corrected chi connectivity index (χ0v) is 16.1. The van der Waals surface area contributed by atoms with E-state index in [1.54, 1.807) is 18.2 Å². The summed E-state index contributed by atoms with van der Waals surface area (Å²) in [6.45, 7) is 7.07. The minimum Gasteiger partial charge on any atom is -0.490 e. The molecule has 27 heavy (non-hydrogen) atoms. The number of rotatable bonds is 5. The topological polar surface area (TPSA) is 77.1 Å². The third kappa shape index (κ3) is 4.53. The van der Waals surface area contributed by atoms with Gasteiger partial charge in [0, 0.05) is 25.2 Å². The van der Waals surface area contributed by atoms with Crippen LogP contribution in [0, 0.1) is 0 Å². The van der Waals surface area contributed by atoms with Crippen LogP contribution in [0.1, 0.15) is 43.5 Å². The molecule has 7 heteroatoms. The number of carbonyl (C=O) groups excluding carboxylic acids is 2. The lowest BCUT2D eigenvalue weighted by Crippen LogP contribution is -2.49. The summed E-state index contributed by atoms with van der Waals surface area (Å²) in [4.78, 5) is 26.6. The fourth-order valence-electron chi connectivity index (χ4n) is 3.67. The second-order valence-corrected chi connectivity index (χ2v) is 6.88. The van der Waals surface area contributed by atoms with Crippen molar-refractivity contribution in [3.8, 4) is 11.5 Å². The lowest BCUT2D eigenvalue weighted by molar-refractivity contribution is -0.127. The van der Waals surface area contributed by atoms with Crippen LogP contribution in [0.5, 0.6) is 11.5 Å². The zero-order valence-electron chi connectivity index (χ0n) is 16.1. The summed E-state index contributed by atoms with van der Waals surface area (Å²) in [5.74, 6) is 1.22. The summed E-state index contributed by atoms with van der Waals surface area (Å²) in [6, 6.07) is 5.30. The van der Waals surface area contributed by atoms with E-state index in [1.807, 2.05) is 18.7 Å². The molecule has 0 unspecified atom stereocenters. The summed E-state index contributed by atoms with van der Waals surface area (Å²) in [7, 11) is 0. The molecule has 1 aromatic carbocycles. The van der Waals surface area contributed by atoms with Crippen molar-refractivity contribution in [2.75, 3.05) is 39.5 Å². The number of nitrogens with zero attached hydrogens (tertiary/aromatic N) is 1. The van der Waals surface area contributed by atoms with Crippen LogP contribution >= 0.6 is 0 Å². The van der Waals surface area contributed by atoms with E-state index in [0.717, 1.165) is 0 Å². The molecule has 0 aromatic heterocycles. The fraction of sp³-hybridized carbons (Fsp3) is 0.600. The van der Waals surface area contributed by atoms with Crippen LogP contribution in [0.4, 0.5) is 0 Å². The lowest BCUT2D eigenvalue weighted by atomic mass is 9.87. The van der Waals surface area contributed by atoms with Gasteiger partial charge in [-0.05, 0) is 44.9 Å². The van der Waals surface area contributed by atoms with Crippen molar-refractivity contribution in [1.82, 2.24) is 10.2 Å². The fourth-order valence-corrected chi connectivity index (χ4v) is 3.67. The molecule has 0 radical (unpaired) electrons. The number of nitrogens with one attached hydrogen (secondary N) is 1. The van der Waals surface area contributed by atoms with E-state index >= 15 is 0 Å². The van der Waals surface area contributed by atoms with Crippen molar-refractivity contribution in [3.63, 3.8) is 0 Å². The minimum atomic E-state index is -0.438. The first-order valence-electron chi connectivity index (χ1n) is 9.66. The number of likely N-dealkylation sites (tertiary alicyclic amines) is 1. The van der Waals surface area contributed by atoms with E-state index in [-0.39, 0.29) is 11.8 Å². The van der Waals surface area contributed by atoms with Gasteiger partial charge in [0.1, 0.15) is 0 Å². The Morgan fingerprint density at radius 2 is 1.89 bits per heavy atom. The van der Waals surface area contributed by atoms with E-state index in [2.05, 4.69) is 5.32 Å². The third-order valence-electron chi connectivity index (χ3n) is 5.07. The second-order valence-electron chi connectivity index (χ2n) is 6.88. The summed E-state index contributed by atoms with van der Waals surface area (Å²) in [5.41, 5.74) is 0.143. The highest BCUT2D eigenvalue weighted by atomic mass is 16.5. The Morgan fingerprint density at radius 3 is 2.59 bits per heavy atom. The summed E-state index contributed by atoms with van der Waals surface area (Å²) in [6.07, 6.45) is 1.70. The van der Waals surface area contributed by atoms with Gasteiger partial charge in [-0.3, -0.25) is 9.59 Å².